The molecule has 1 nitrogen and oxygen atoms in total. The molecule has 0 N–H and O–H groups in total. The minimum atomic E-state index is 0.330. The predicted octanol–water partition coefficient (Wildman–Crippen LogP) is 3.54. The first-order chi connectivity index (χ1) is 5.79. The molecule has 0 heterocycles. The topological polar surface area (TPSA) is 3.24 Å². The van der Waals surface area contributed by atoms with Crippen LogP contribution in [0.5, 0.6) is 0 Å². The SMILES string of the molecule is CCCC(C)(N(C)CC)C(C)(C)C. The second-order valence-electron chi connectivity index (χ2n) is 5.29. The van der Waals surface area contributed by atoms with Gasteiger partial charge in [0.05, 0.1) is 0 Å². The molecule has 0 spiro atoms. The van der Waals surface area contributed by atoms with Gasteiger partial charge in [0.25, 0.3) is 0 Å². The third kappa shape index (κ3) is 2.70. The van der Waals surface area contributed by atoms with Gasteiger partial charge in [0.15, 0.2) is 0 Å². The van der Waals surface area contributed by atoms with Crippen LogP contribution in [0.2, 0.25) is 0 Å². The monoisotopic (exact) mass is 185 g/mol. The van der Waals surface area contributed by atoms with Crippen LogP contribution in [0, 0.1) is 5.41 Å². The zero-order valence-corrected chi connectivity index (χ0v) is 10.6. The molecule has 1 unspecified atom stereocenters. The highest BCUT2D eigenvalue weighted by atomic mass is 15.2. The van der Waals surface area contributed by atoms with E-state index < -0.39 is 0 Å². The maximum atomic E-state index is 2.48. The van der Waals surface area contributed by atoms with Crippen molar-refractivity contribution in [3.8, 4) is 0 Å². The summed E-state index contributed by atoms with van der Waals surface area (Å²) >= 11 is 0. The van der Waals surface area contributed by atoms with Crippen LogP contribution in [-0.2, 0) is 0 Å². The van der Waals surface area contributed by atoms with Crippen molar-refractivity contribution in [3.05, 3.63) is 0 Å². The van der Waals surface area contributed by atoms with Gasteiger partial charge in [-0.3, -0.25) is 0 Å². The van der Waals surface area contributed by atoms with Crippen LogP contribution in [0.4, 0.5) is 0 Å². The average molecular weight is 185 g/mol. The maximum absolute atomic E-state index is 2.48. The maximum Gasteiger partial charge on any atom is 0.0226 e. The highest BCUT2D eigenvalue weighted by molar-refractivity contribution is 4.94. The summed E-state index contributed by atoms with van der Waals surface area (Å²) in [6.07, 6.45) is 2.54. The van der Waals surface area contributed by atoms with Gasteiger partial charge in [-0.15, -0.1) is 0 Å². The third-order valence-corrected chi connectivity index (χ3v) is 3.67. The highest BCUT2D eigenvalue weighted by Crippen LogP contribution is 2.38. The van der Waals surface area contributed by atoms with E-state index in [0.29, 0.717) is 11.0 Å². The first-order valence-corrected chi connectivity index (χ1v) is 5.50. The van der Waals surface area contributed by atoms with Gasteiger partial charge in [0.1, 0.15) is 0 Å². The minimum absolute atomic E-state index is 0.330. The summed E-state index contributed by atoms with van der Waals surface area (Å²) in [4.78, 5) is 2.48. The van der Waals surface area contributed by atoms with E-state index in [2.05, 4.69) is 53.5 Å². The Morgan fingerprint density at radius 1 is 1.00 bits per heavy atom. The Balaban J connectivity index is 4.72. The molecular weight excluding hydrogens is 158 g/mol. The lowest BCUT2D eigenvalue weighted by Gasteiger charge is -2.48. The molecule has 0 aromatic carbocycles. The summed E-state index contributed by atoms with van der Waals surface area (Å²) in [5.74, 6) is 0. The molecule has 0 saturated heterocycles. The molecule has 0 aromatic heterocycles. The van der Waals surface area contributed by atoms with Crippen molar-refractivity contribution in [2.24, 2.45) is 5.41 Å². The third-order valence-electron chi connectivity index (χ3n) is 3.67. The van der Waals surface area contributed by atoms with Gasteiger partial charge in [-0.2, -0.15) is 0 Å². The second kappa shape index (κ2) is 4.45. The summed E-state index contributed by atoms with van der Waals surface area (Å²) in [6, 6.07) is 0. The Labute approximate surface area is 84.5 Å². The van der Waals surface area contributed by atoms with Gasteiger partial charge in [0, 0.05) is 5.54 Å². The van der Waals surface area contributed by atoms with Crippen molar-refractivity contribution in [3.63, 3.8) is 0 Å². The molecule has 0 aromatic rings. The predicted molar refractivity (Wildman–Crippen MR) is 61.1 cm³/mol. The zero-order valence-electron chi connectivity index (χ0n) is 10.6. The smallest absolute Gasteiger partial charge is 0.0226 e. The molecule has 1 atom stereocenters. The van der Waals surface area contributed by atoms with Crippen molar-refractivity contribution in [2.45, 2.75) is 59.9 Å². The molecule has 0 aliphatic rings. The van der Waals surface area contributed by atoms with Crippen LogP contribution >= 0.6 is 0 Å². The number of hydrogen-bond acceptors (Lipinski definition) is 1. The molecule has 1 heteroatoms. The molecule has 0 aliphatic heterocycles. The van der Waals surface area contributed by atoms with Gasteiger partial charge in [-0.05, 0) is 32.4 Å². The van der Waals surface area contributed by atoms with E-state index in [1.807, 2.05) is 0 Å². The minimum Gasteiger partial charge on any atom is -0.301 e. The van der Waals surface area contributed by atoms with Crippen LogP contribution in [-0.4, -0.2) is 24.0 Å². The van der Waals surface area contributed by atoms with Crippen LogP contribution in [0.1, 0.15) is 54.4 Å². The van der Waals surface area contributed by atoms with E-state index in [1.165, 1.54) is 12.8 Å². The van der Waals surface area contributed by atoms with Crippen LogP contribution in [0.25, 0.3) is 0 Å². The molecule has 0 aliphatic carbocycles. The van der Waals surface area contributed by atoms with Crippen molar-refractivity contribution < 1.29 is 0 Å². The molecule has 0 amide bonds. The summed E-state index contributed by atoms with van der Waals surface area (Å²) in [5, 5.41) is 0. The molecule has 0 rings (SSSR count). The lowest BCUT2D eigenvalue weighted by atomic mass is 9.71. The summed E-state index contributed by atoms with van der Waals surface area (Å²) in [5.41, 5.74) is 0.685. The van der Waals surface area contributed by atoms with Crippen LogP contribution in [0.15, 0.2) is 0 Å². The van der Waals surface area contributed by atoms with E-state index >= 15 is 0 Å². The Bertz CT molecular complexity index is 146. The van der Waals surface area contributed by atoms with Crippen molar-refractivity contribution in [1.82, 2.24) is 4.90 Å². The zero-order chi connectivity index (χ0) is 10.7. The molecule has 80 valence electrons. The van der Waals surface area contributed by atoms with Gasteiger partial charge < -0.3 is 4.90 Å². The summed E-state index contributed by atoms with van der Waals surface area (Å²) in [7, 11) is 2.24. The van der Waals surface area contributed by atoms with E-state index in [0.717, 1.165) is 6.54 Å². The lowest BCUT2D eigenvalue weighted by Crippen LogP contribution is -2.53. The standard InChI is InChI=1S/C12H27N/c1-8-10-12(6,11(3,4)5)13(7)9-2/h8-10H2,1-7H3. The average Bonchev–Trinajstić information content (AvgIpc) is 2.01. The fourth-order valence-electron chi connectivity index (χ4n) is 1.97. The van der Waals surface area contributed by atoms with Crippen molar-refractivity contribution in [2.75, 3.05) is 13.6 Å². The fraction of sp³-hybridized carbons (Fsp3) is 1.00. The Hall–Kier alpha value is -0.0400. The van der Waals surface area contributed by atoms with E-state index in [9.17, 15) is 0 Å². The highest BCUT2D eigenvalue weighted by Gasteiger charge is 2.39. The van der Waals surface area contributed by atoms with Crippen molar-refractivity contribution in [1.29, 1.82) is 0 Å². The van der Waals surface area contributed by atoms with Crippen LogP contribution in [0.3, 0.4) is 0 Å². The summed E-state index contributed by atoms with van der Waals surface area (Å²) in [6.45, 7) is 15.1. The summed E-state index contributed by atoms with van der Waals surface area (Å²) < 4.78 is 0. The van der Waals surface area contributed by atoms with Crippen molar-refractivity contribution >= 4 is 0 Å². The first-order valence-electron chi connectivity index (χ1n) is 5.50. The number of rotatable bonds is 4. The van der Waals surface area contributed by atoms with E-state index in [4.69, 9.17) is 0 Å². The number of hydrogen-bond donors (Lipinski definition) is 0. The molecule has 0 bridgehead atoms. The van der Waals surface area contributed by atoms with Crippen LogP contribution < -0.4 is 0 Å². The lowest BCUT2D eigenvalue weighted by molar-refractivity contribution is 0.0220. The second-order valence-corrected chi connectivity index (χ2v) is 5.29. The van der Waals surface area contributed by atoms with E-state index in [-0.39, 0.29) is 0 Å². The Morgan fingerprint density at radius 2 is 1.46 bits per heavy atom. The molecule has 0 saturated carbocycles. The first kappa shape index (κ1) is 13.0. The Morgan fingerprint density at radius 3 is 1.69 bits per heavy atom. The Kier molecular flexibility index (Phi) is 4.44. The largest absolute Gasteiger partial charge is 0.301 e. The van der Waals surface area contributed by atoms with Gasteiger partial charge in [0.2, 0.25) is 0 Å². The van der Waals surface area contributed by atoms with E-state index in [1.54, 1.807) is 0 Å². The molecule has 0 fully saturated rings. The molecular formula is C12H27N. The van der Waals surface area contributed by atoms with Gasteiger partial charge in [-0.1, -0.05) is 41.0 Å². The van der Waals surface area contributed by atoms with Gasteiger partial charge >= 0.3 is 0 Å². The normalized spacial score (nSPS) is 17.5. The quantitative estimate of drug-likeness (QED) is 0.647. The van der Waals surface area contributed by atoms with Gasteiger partial charge in [-0.25, -0.2) is 0 Å². The molecule has 13 heavy (non-hydrogen) atoms. The fourth-order valence-corrected chi connectivity index (χ4v) is 1.97. The molecule has 0 radical (unpaired) electrons. The number of nitrogens with zero attached hydrogens (tertiary/aromatic N) is 1.